The Labute approximate surface area is 99.9 Å². The number of carbonyl (C=O) groups is 2. The van der Waals surface area contributed by atoms with Crippen LogP contribution in [0.2, 0.25) is 0 Å². The molecular weight excluding hydrogens is 220 g/mol. The van der Waals surface area contributed by atoms with Crippen LogP contribution in [0.25, 0.3) is 0 Å². The van der Waals surface area contributed by atoms with E-state index < -0.39 is 11.9 Å². The van der Waals surface area contributed by atoms with E-state index in [1.54, 1.807) is 6.92 Å². The number of benzene rings is 1. The van der Waals surface area contributed by atoms with Crippen molar-refractivity contribution < 1.29 is 19.8 Å². The number of unbranched alkanes of at least 4 members (excludes halogenated alkanes) is 1. The minimum absolute atomic E-state index is 0.182. The first kappa shape index (κ1) is 13.2. The highest BCUT2D eigenvalue weighted by Crippen LogP contribution is 2.21. The Kier molecular flexibility index (Phi) is 4.26. The summed E-state index contributed by atoms with van der Waals surface area (Å²) < 4.78 is 0. The number of hydrogen-bond acceptors (Lipinski definition) is 2. The Balaban J connectivity index is 3.31. The molecule has 2 N–H and O–H groups in total. The molecular formula is C13H16O4. The summed E-state index contributed by atoms with van der Waals surface area (Å²) in [5, 5.41) is 18.1. The van der Waals surface area contributed by atoms with Gasteiger partial charge < -0.3 is 10.2 Å². The van der Waals surface area contributed by atoms with E-state index >= 15 is 0 Å². The first-order valence-corrected chi connectivity index (χ1v) is 5.58. The van der Waals surface area contributed by atoms with Crippen LogP contribution in [-0.4, -0.2) is 22.2 Å². The third kappa shape index (κ3) is 2.84. The van der Waals surface area contributed by atoms with Crippen LogP contribution in [0, 0.1) is 6.92 Å². The Hall–Kier alpha value is -1.84. The predicted molar refractivity (Wildman–Crippen MR) is 63.7 cm³/mol. The van der Waals surface area contributed by atoms with Gasteiger partial charge >= 0.3 is 11.9 Å². The zero-order valence-corrected chi connectivity index (χ0v) is 9.99. The molecule has 0 heterocycles. The van der Waals surface area contributed by atoms with E-state index in [4.69, 9.17) is 10.2 Å². The molecule has 0 bridgehead atoms. The molecule has 0 aliphatic carbocycles. The van der Waals surface area contributed by atoms with Crippen LogP contribution in [0.1, 0.15) is 51.6 Å². The van der Waals surface area contributed by atoms with Crippen LogP contribution in [0.15, 0.2) is 12.1 Å². The van der Waals surface area contributed by atoms with Gasteiger partial charge in [0.15, 0.2) is 0 Å². The van der Waals surface area contributed by atoms with Crippen molar-refractivity contribution in [1.82, 2.24) is 0 Å². The van der Waals surface area contributed by atoms with E-state index in [0.29, 0.717) is 17.5 Å². The third-order valence-electron chi connectivity index (χ3n) is 2.84. The van der Waals surface area contributed by atoms with E-state index in [9.17, 15) is 9.59 Å². The van der Waals surface area contributed by atoms with Crippen LogP contribution < -0.4 is 0 Å². The Morgan fingerprint density at radius 2 is 1.65 bits per heavy atom. The molecule has 0 aliphatic heterocycles. The highest BCUT2D eigenvalue weighted by molar-refractivity contribution is 5.94. The van der Waals surface area contributed by atoms with Gasteiger partial charge in [-0.15, -0.1) is 0 Å². The van der Waals surface area contributed by atoms with Crippen LogP contribution in [0.5, 0.6) is 0 Å². The average molecular weight is 236 g/mol. The van der Waals surface area contributed by atoms with E-state index in [2.05, 4.69) is 0 Å². The van der Waals surface area contributed by atoms with Crippen LogP contribution in [-0.2, 0) is 6.42 Å². The van der Waals surface area contributed by atoms with Crippen LogP contribution >= 0.6 is 0 Å². The molecule has 0 aliphatic rings. The second-order valence-electron chi connectivity index (χ2n) is 3.98. The molecule has 0 spiro atoms. The summed E-state index contributed by atoms with van der Waals surface area (Å²) in [6, 6.07) is 2.74. The molecule has 0 unspecified atom stereocenters. The van der Waals surface area contributed by atoms with Gasteiger partial charge in [-0.1, -0.05) is 13.3 Å². The van der Waals surface area contributed by atoms with Crippen molar-refractivity contribution in [3.63, 3.8) is 0 Å². The number of carboxylic acids is 2. The lowest BCUT2D eigenvalue weighted by Crippen LogP contribution is -2.09. The Morgan fingerprint density at radius 1 is 1.12 bits per heavy atom. The highest BCUT2D eigenvalue weighted by atomic mass is 16.4. The van der Waals surface area contributed by atoms with Crippen molar-refractivity contribution in [2.45, 2.75) is 33.1 Å². The Bertz CT molecular complexity index is 449. The van der Waals surface area contributed by atoms with Crippen LogP contribution in [0.3, 0.4) is 0 Å². The number of carboxylic acid groups (broad SMARTS) is 2. The van der Waals surface area contributed by atoms with Crippen molar-refractivity contribution in [3.8, 4) is 0 Å². The van der Waals surface area contributed by atoms with Crippen molar-refractivity contribution >= 4 is 11.9 Å². The van der Waals surface area contributed by atoms with Crippen molar-refractivity contribution in [2.75, 3.05) is 0 Å². The fourth-order valence-corrected chi connectivity index (χ4v) is 1.86. The SMILES string of the molecule is CCCCc1c(C(=O)O)ccc(C(=O)O)c1C. The molecule has 4 nitrogen and oxygen atoms in total. The topological polar surface area (TPSA) is 74.6 Å². The summed E-state index contributed by atoms with van der Waals surface area (Å²) in [5.74, 6) is -2.02. The normalized spacial score (nSPS) is 10.2. The quantitative estimate of drug-likeness (QED) is 0.824. The highest BCUT2D eigenvalue weighted by Gasteiger charge is 2.17. The lowest BCUT2D eigenvalue weighted by atomic mass is 9.93. The molecule has 0 fully saturated rings. The third-order valence-corrected chi connectivity index (χ3v) is 2.84. The maximum Gasteiger partial charge on any atom is 0.335 e. The van der Waals surface area contributed by atoms with Crippen molar-refractivity contribution in [2.24, 2.45) is 0 Å². The van der Waals surface area contributed by atoms with Gasteiger partial charge in [0, 0.05) is 0 Å². The maximum absolute atomic E-state index is 11.1. The van der Waals surface area contributed by atoms with E-state index in [0.717, 1.165) is 12.8 Å². The first-order valence-electron chi connectivity index (χ1n) is 5.58. The van der Waals surface area contributed by atoms with Gasteiger partial charge in [0.1, 0.15) is 0 Å². The summed E-state index contributed by atoms with van der Waals surface area (Å²) >= 11 is 0. The standard InChI is InChI=1S/C13H16O4/c1-3-4-5-9-8(2)10(12(14)15)6-7-11(9)13(16)17/h6-7H,3-5H2,1-2H3,(H,14,15)(H,16,17). The van der Waals surface area contributed by atoms with Gasteiger partial charge in [-0.3, -0.25) is 0 Å². The Morgan fingerprint density at radius 3 is 2.12 bits per heavy atom. The van der Waals surface area contributed by atoms with E-state index in [1.807, 2.05) is 6.92 Å². The smallest absolute Gasteiger partial charge is 0.335 e. The molecule has 4 heteroatoms. The monoisotopic (exact) mass is 236 g/mol. The van der Waals surface area contributed by atoms with Crippen molar-refractivity contribution in [1.29, 1.82) is 0 Å². The lowest BCUT2D eigenvalue weighted by molar-refractivity contribution is 0.0679. The van der Waals surface area contributed by atoms with Crippen molar-refractivity contribution in [3.05, 3.63) is 34.4 Å². The molecule has 1 aromatic carbocycles. The minimum atomic E-state index is -1.02. The number of rotatable bonds is 5. The summed E-state index contributed by atoms with van der Waals surface area (Å²) in [6.45, 7) is 3.68. The minimum Gasteiger partial charge on any atom is -0.478 e. The second kappa shape index (κ2) is 5.48. The zero-order valence-electron chi connectivity index (χ0n) is 9.99. The zero-order chi connectivity index (χ0) is 13.0. The molecule has 0 atom stereocenters. The molecule has 1 rings (SSSR count). The largest absolute Gasteiger partial charge is 0.478 e. The van der Waals surface area contributed by atoms with Gasteiger partial charge in [0.25, 0.3) is 0 Å². The molecule has 1 aromatic rings. The summed E-state index contributed by atoms with van der Waals surface area (Å²) in [5.41, 5.74) is 1.59. The summed E-state index contributed by atoms with van der Waals surface area (Å²) in [4.78, 5) is 22.1. The van der Waals surface area contributed by atoms with E-state index in [1.165, 1.54) is 12.1 Å². The maximum atomic E-state index is 11.1. The average Bonchev–Trinajstić information content (AvgIpc) is 2.26. The van der Waals surface area contributed by atoms with Crippen LogP contribution in [0.4, 0.5) is 0 Å². The summed E-state index contributed by atoms with van der Waals surface area (Å²) in [7, 11) is 0. The first-order chi connectivity index (χ1) is 7.99. The number of aromatic carboxylic acids is 2. The molecule has 0 saturated heterocycles. The van der Waals surface area contributed by atoms with Gasteiger partial charge in [0.2, 0.25) is 0 Å². The fraction of sp³-hybridized carbons (Fsp3) is 0.385. The molecule has 0 aromatic heterocycles. The summed E-state index contributed by atoms with van der Waals surface area (Å²) in [6.07, 6.45) is 2.39. The second-order valence-corrected chi connectivity index (χ2v) is 3.98. The van der Waals surface area contributed by atoms with Gasteiger partial charge in [-0.05, 0) is 43.0 Å². The van der Waals surface area contributed by atoms with Gasteiger partial charge in [-0.25, -0.2) is 9.59 Å². The predicted octanol–water partition coefficient (Wildman–Crippen LogP) is 2.73. The number of hydrogen-bond donors (Lipinski definition) is 2. The molecule has 17 heavy (non-hydrogen) atoms. The molecule has 92 valence electrons. The lowest BCUT2D eigenvalue weighted by Gasteiger charge is -2.11. The molecule has 0 radical (unpaired) electrons. The van der Waals surface area contributed by atoms with Gasteiger partial charge in [-0.2, -0.15) is 0 Å². The van der Waals surface area contributed by atoms with E-state index in [-0.39, 0.29) is 11.1 Å². The molecule has 0 saturated carbocycles. The van der Waals surface area contributed by atoms with Gasteiger partial charge in [0.05, 0.1) is 11.1 Å². The fourth-order valence-electron chi connectivity index (χ4n) is 1.86. The molecule has 0 amide bonds.